The molecule has 17 heavy (non-hydrogen) atoms. The zero-order valence-corrected chi connectivity index (χ0v) is 12.1. The van der Waals surface area contributed by atoms with Crippen LogP contribution >= 0.6 is 22.6 Å². The minimum atomic E-state index is -1.03. The number of anilines is 1. The van der Waals surface area contributed by atoms with Gasteiger partial charge in [-0.05, 0) is 58.5 Å². The van der Waals surface area contributed by atoms with Gasteiger partial charge in [0.1, 0.15) is 0 Å². The monoisotopic (exact) mass is 357 g/mol. The third-order valence-electron chi connectivity index (χ3n) is 2.33. The molecule has 2 N–H and O–H groups in total. The van der Waals surface area contributed by atoms with E-state index in [0.717, 1.165) is 10.5 Å². The standard InChI is InChI=1S/C13H12INOS/c14-11-6-4-10(5-7-11)9-17(16)13-3-1-2-12(15)8-13/h1-8H,9,15H2. The molecule has 88 valence electrons. The van der Waals surface area contributed by atoms with Crippen molar-refractivity contribution in [3.8, 4) is 0 Å². The van der Waals surface area contributed by atoms with Gasteiger partial charge in [-0.3, -0.25) is 4.21 Å². The lowest BCUT2D eigenvalue weighted by atomic mass is 10.2. The van der Waals surface area contributed by atoms with Crippen LogP contribution in [-0.2, 0) is 16.6 Å². The number of nitrogens with two attached hydrogens (primary N) is 1. The van der Waals surface area contributed by atoms with Gasteiger partial charge in [-0.1, -0.05) is 18.2 Å². The molecular formula is C13H12INOS. The van der Waals surface area contributed by atoms with E-state index in [9.17, 15) is 4.21 Å². The van der Waals surface area contributed by atoms with Gasteiger partial charge in [0.15, 0.2) is 0 Å². The largest absolute Gasteiger partial charge is 0.399 e. The van der Waals surface area contributed by atoms with Crippen LogP contribution in [0.15, 0.2) is 53.4 Å². The molecule has 0 spiro atoms. The van der Waals surface area contributed by atoms with Crippen molar-refractivity contribution in [2.24, 2.45) is 0 Å². The predicted molar refractivity (Wildman–Crippen MR) is 80.1 cm³/mol. The van der Waals surface area contributed by atoms with Gasteiger partial charge in [-0.2, -0.15) is 0 Å². The van der Waals surface area contributed by atoms with Crippen LogP contribution < -0.4 is 5.73 Å². The lowest BCUT2D eigenvalue weighted by molar-refractivity contribution is 0.682. The Morgan fingerprint density at radius 2 is 1.82 bits per heavy atom. The van der Waals surface area contributed by atoms with Gasteiger partial charge in [0, 0.05) is 14.2 Å². The number of hydrogen-bond acceptors (Lipinski definition) is 2. The number of nitrogen functional groups attached to an aromatic ring is 1. The first kappa shape index (κ1) is 12.6. The van der Waals surface area contributed by atoms with Crippen LogP contribution in [0.1, 0.15) is 5.56 Å². The van der Waals surface area contributed by atoms with Gasteiger partial charge >= 0.3 is 0 Å². The van der Waals surface area contributed by atoms with Gasteiger partial charge in [-0.25, -0.2) is 0 Å². The molecule has 0 fully saturated rings. The second kappa shape index (κ2) is 5.64. The summed E-state index contributed by atoms with van der Waals surface area (Å²) in [6.45, 7) is 0. The molecule has 0 heterocycles. The van der Waals surface area contributed by atoms with Gasteiger partial charge in [0.2, 0.25) is 0 Å². The van der Waals surface area contributed by atoms with Crippen LogP contribution in [-0.4, -0.2) is 4.21 Å². The molecule has 0 amide bonds. The normalized spacial score (nSPS) is 12.3. The number of hydrogen-bond donors (Lipinski definition) is 1. The van der Waals surface area contributed by atoms with Crippen molar-refractivity contribution in [1.82, 2.24) is 0 Å². The Morgan fingerprint density at radius 1 is 1.12 bits per heavy atom. The first-order chi connectivity index (χ1) is 8.15. The zero-order chi connectivity index (χ0) is 12.3. The fraction of sp³-hybridized carbons (Fsp3) is 0.0769. The Morgan fingerprint density at radius 3 is 2.47 bits per heavy atom. The van der Waals surface area contributed by atoms with E-state index >= 15 is 0 Å². The SMILES string of the molecule is Nc1cccc(S(=O)Cc2ccc(I)cc2)c1. The third kappa shape index (κ3) is 3.54. The van der Waals surface area contributed by atoms with E-state index < -0.39 is 10.8 Å². The van der Waals surface area contributed by atoms with E-state index in [1.807, 2.05) is 36.4 Å². The number of benzene rings is 2. The summed E-state index contributed by atoms with van der Waals surface area (Å²) in [4.78, 5) is 0.781. The molecule has 0 saturated carbocycles. The Hall–Kier alpha value is -0.880. The number of rotatable bonds is 3. The second-order valence-electron chi connectivity index (χ2n) is 3.69. The van der Waals surface area contributed by atoms with Crippen LogP contribution in [0.4, 0.5) is 5.69 Å². The Kier molecular flexibility index (Phi) is 4.17. The van der Waals surface area contributed by atoms with Crippen molar-refractivity contribution in [2.75, 3.05) is 5.73 Å². The highest BCUT2D eigenvalue weighted by Gasteiger charge is 2.05. The molecular weight excluding hydrogens is 345 g/mol. The molecule has 0 aliphatic carbocycles. The lowest BCUT2D eigenvalue weighted by Crippen LogP contribution is -1.97. The van der Waals surface area contributed by atoms with Crippen molar-refractivity contribution >= 4 is 39.1 Å². The summed E-state index contributed by atoms with van der Waals surface area (Å²) in [6, 6.07) is 15.3. The highest BCUT2D eigenvalue weighted by atomic mass is 127. The highest BCUT2D eigenvalue weighted by Crippen LogP contribution is 2.16. The molecule has 0 bridgehead atoms. The van der Waals surface area contributed by atoms with Crippen molar-refractivity contribution in [1.29, 1.82) is 0 Å². The summed E-state index contributed by atoms with van der Waals surface area (Å²) in [6.07, 6.45) is 0. The third-order valence-corrected chi connectivity index (χ3v) is 4.43. The fourth-order valence-electron chi connectivity index (χ4n) is 1.47. The fourth-order valence-corrected chi connectivity index (χ4v) is 2.99. The van der Waals surface area contributed by atoms with Crippen LogP contribution in [0.3, 0.4) is 0 Å². The maximum atomic E-state index is 12.1. The van der Waals surface area contributed by atoms with E-state index in [4.69, 9.17) is 5.73 Å². The molecule has 0 aromatic heterocycles. The van der Waals surface area contributed by atoms with E-state index in [-0.39, 0.29) is 0 Å². The molecule has 1 atom stereocenters. The first-order valence-electron chi connectivity index (χ1n) is 5.13. The minimum absolute atomic E-state index is 0.528. The summed E-state index contributed by atoms with van der Waals surface area (Å²) in [5.74, 6) is 0.528. The summed E-state index contributed by atoms with van der Waals surface area (Å²) < 4.78 is 13.3. The Labute approximate surface area is 117 Å². The Bertz CT molecular complexity index is 539. The quantitative estimate of drug-likeness (QED) is 0.677. The minimum Gasteiger partial charge on any atom is -0.399 e. The average molecular weight is 357 g/mol. The topological polar surface area (TPSA) is 43.1 Å². The molecule has 0 aliphatic heterocycles. The average Bonchev–Trinajstić information content (AvgIpc) is 2.32. The van der Waals surface area contributed by atoms with Crippen LogP contribution in [0.5, 0.6) is 0 Å². The molecule has 2 nitrogen and oxygen atoms in total. The summed E-state index contributed by atoms with van der Waals surface area (Å²) in [5.41, 5.74) is 7.40. The molecule has 2 aromatic rings. The smallest absolute Gasteiger partial charge is 0.0574 e. The van der Waals surface area contributed by atoms with E-state index in [1.165, 1.54) is 3.57 Å². The van der Waals surface area contributed by atoms with Gasteiger partial charge in [0.05, 0.1) is 16.6 Å². The lowest BCUT2D eigenvalue weighted by Gasteiger charge is -2.03. The Balaban J connectivity index is 2.14. The molecule has 4 heteroatoms. The molecule has 0 radical (unpaired) electrons. The molecule has 0 aliphatic rings. The summed E-state index contributed by atoms with van der Waals surface area (Å²) >= 11 is 2.25. The van der Waals surface area contributed by atoms with Crippen molar-refractivity contribution in [3.05, 3.63) is 57.7 Å². The van der Waals surface area contributed by atoms with E-state index in [1.54, 1.807) is 12.1 Å². The maximum absolute atomic E-state index is 12.1. The van der Waals surface area contributed by atoms with E-state index in [2.05, 4.69) is 22.6 Å². The maximum Gasteiger partial charge on any atom is 0.0574 e. The van der Waals surface area contributed by atoms with Crippen molar-refractivity contribution < 1.29 is 4.21 Å². The van der Waals surface area contributed by atoms with Crippen molar-refractivity contribution in [2.45, 2.75) is 10.6 Å². The number of halogens is 1. The van der Waals surface area contributed by atoms with E-state index in [0.29, 0.717) is 11.4 Å². The van der Waals surface area contributed by atoms with Crippen molar-refractivity contribution in [3.63, 3.8) is 0 Å². The molecule has 2 aromatic carbocycles. The summed E-state index contributed by atoms with van der Waals surface area (Å²) in [7, 11) is -1.03. The zero-order valence-electron chi connectivity index (χ0n) is 9.10. The van der Waals surface area contributed by atoms with Gasteiger partial charge in [-0.15, -0.1) is 0 Å². The van der Waals surface area contributed by atoms with Gasteiger partial charge in [0.25, 0.3) is 0 Å². The molecule has 0 saturated heterocycles. The molecule has 1 unspecified atom stereocenters. The molecule has 2 rings (SSSR count). The predicted octanol–water partition coefficient (Wildman–Crippen LogP) is 3.18. The second-order valence-corrected chi connectivity index (χ2v) is 6.39. The highest BCUT2D eigenvalue weighted by molar-refractivity contribution is 14.1. The first-order valence-corrected chi connectivity index (χ1v) is 7.53. The summed E-state index contributed by atoms with van der Waals surface area (Å²) in [5, 5.41) is 0. The van der Waals surface area contributed by atoms with Gasteiger partial charge < -0.3 is 5.73 Å². The van der Waals surface area contributed by atoms with Crippen LogP contribution in [0, 0.1) is 3.57 Å². The van der Waals surface area contributed by atoms with Crippen LogP contribution in [0.2, 0.25) is 0 Å². The van der Waals surface area contributed by atoms with Crippen LogP contribution in [0.25, 0.3) is 0 Å².